The van der Waals surface area contributed by atoms with Gasteiger partial charge in [0, 0.05) is 25.7 Å². The minimum Gasteiger partial charge on any atom is -0.378 e. The number of hydrogen-bond donors (Lipinski definition) is 1. The molecule has 1 aromatic rings. The van der Waals surface area contributed by atoms with Crippen LogP contribution in [-0.4, -0.2) is 43.8 Å². The van der Waals surface area contributed by atoms with Crippen LogP contribution in [0.4, 0.5) is 0 Å². The van der Waals surface area contributed by atoms with Gasteiger partial charge in [0.15, 0.2) is 0 Å². The van der Waals surface area contributed by atoms with Crippen molar-refractivity contribution >= 4 is 0 Å². The summed E-state index contributed by atoms with van der Waals surface area (Å²) in [5.41, 5.74) is 1.38. The number of morpholine rings is 1. The number of hydrogen-bond acceptors (Lipinski definition) is 3. The van der Waals surface area contributed by atoms with Gasteiger partial charge in [-0.25, -0.2) is 0 Å². The molecule has 1 atom stereocenters. The molecule has 2 fully saturated rings. The first-order valence-electron chi connectivity index (χ1n) is 6.04. The van der Waals surface area contributed by atoms with E-state index < -0.39 is 0 Å². The van der Waals surface area contributed by atoms with Gasteiger partial charge >= 0.3 is 0 Å². The Morgan fingerprint density at radius 3 is 2.69 bits per heavy atom. The van der Waals surface area contributed by atoms with Crippen molar-refractivity contribution in [1.82, 2.24) is 10.2 Å². The topological polar surface area (TPSA) is 24.5 Å². The third-order valence-corrected chi connectivity index (χ3v) is 3.58. The Hall–Kier alpha value is -0.900. The van der Waals surface area contributed by atoms with Gasteiger partial charge in [0.2, 0.25) is 0 Å². The number of ether oxygens (including phenoxy) is 1. The quantitative estimate of drug-likeness (QED) is 0.802. The van der Waals surface area contributed by atoms with Crippen molar-refractivity contribution in [3.8, 4) is 0 Å². The summed E-state index contributed by atoms with van der Waals surface area (Å²) in [7, 11) is 0. The van der Waals surface area contributed by atoms with Crippen molar-refractivity contribution in [3.63, 3.8) is 0 Å². The summed E-state index contributed by atoms with van der Waals surface area (Å²) in [5.74, 6) is 0. The summed E-state index contributed by atoms with van der Waals surface area (Å²) in [6.45, 7) is 5.03. The van der Waals surface area contributed by atoms with Gasteiger partial charge in [0.1, 0.15) is 0 Å². The van der Waals surface area contributed by atoms with Crippen LogP contribution >= 0.6 is 0 Å². The average molecular weight is 218 g/mol. The fourth-order valence-electron chi connectivity index (χ4n) is 2.52. The van der Waals surface area contributed by atoms with Crippen LogP contribution in [0.1, 0.15) is 11.6 Å². The predicted octanol–water partition coefficient (Wildman–Crippen LogP) is 1.03. The maximum Gasteiger partial charge on any atom is 0.0664 e. The van der Waals surface area contributed by atoms with E-state index in [1.165, 1.54) is 5.56 Å². The van der Waals surface area contributed by atoms with E-state index in [0.717, 1.165) is 32.8 Å². The molecule has 3 heteroatoms. The molecule has 2 aliphatic rings. The van der Waals surface area contributed by atoms with E-state index in [9.17, 15) is 0 Å². The molecule has 0 unspecified atom stereocenters. The monoisotopic (exact) mass is 218 g/mol. The summed E-state index contributed by atoms with van der Waals surface area (Å²) in [5, 5.41) is 3.35. The molecule has 3 nitrogen and oxygen atoms in total. The second kappa shape index (κ2) is 4.53. The molecule has 86 valence electrons. The third kappa shape index (κ3) is 1.86. The molecule has 2 heterocycles. The number of nitrogens with zero attached hydrogens (tertiary/aromatic N) is 1. The van der Waals surface area contributed by atoms with E-state index in [2.05, 4.69) is 40.5 Å². The van der Waals surface area contributed by atoms with Crippen LogP contribution in [0.15, 0.2) is 30.3 Å². The lowest BCUT2D eigenvalue weighted by Gasteiger charge is -2.45. The van der Waals surface area contributed by atoms with Gasteiger partial charge in [-0.15, -0.1) is 0 Å². The minimum absolute atomic E-state index is 0.446. The van der Waals surface area contributed by atoms with Crippen LogP contribution in [0.2, 0.25) is 0 Å². The molecule has 0 aliphatic carbocycles. The van der Waals surface area contributed by atoms with Gasteiger partial charge < -0.3 is 10.1 Å². The molecule has 2 saturated heterocycles. The van der Waals surface area contributed by atoms with Crippen LogP contribution in [0.5, 0.6) is 0 Å². The zero-order chi connectivity index (χ0) is 10.8. The summed E-state index contributed by atoms with van der Waals surface area (Å²) in [6, 6.07) is 11.9. The van der Waals surface area contributed by atoms with Gasteiger partial charge in [-0.2, -0.15) is 0 Å². The highest BCUT2D eigenvalue weighted by Crippen LogP contribution is 2.27. The zero-order valence-corrected chi connectivity index (χ0v) is 9.43. The summed E-state index contributed by atoms with van der Waals surface area (Å²) in [6.07, 6.45) is 0. The lowest BCUT2D eigenvalue weighted by molar-refractivity contribution is -0.0405. The van der Waals surface area contributed by atoms with Crippen molar-refractivity contribution < 1.29 is 4.74 Å². The maximum atomic E-state index is 5.62. The van der Waals surface area contributed by atoms with E-state index in [1.54, 1.807) is 0 Å². The molecule has 0 saturated carbocycles. The standard InChI is InChI=1S/C13H18N2O/c1-2-4-11(5-3-1)13-10-16-7-6-15(13)12-8-14-9-12/h1-5,12-14H,6-10H2/t13-/m0/s1. The van der Waals surface area contributed by atoms with Gasteiger partial charge in [-0.1, -0.05) is 30.3 Å². The normalized spacial score (nSPS) is 27.6. The van der Waals surface area contributed by atoms with Gasteiger partial charge in [0.25, 0.3) is 0 Å². The molecule has 0 radical (unpaired) electrons. The molecule has 0 amide bonds. The van der Waals surface area contributed by atoms with Crippen LogP contribution in [0.25, 0.3) is 0 Å². The first-order chi connectivity index (χ1) is 7.95. The van der Waals surface area contributed by atoms with Crippen molar-refractivity contribution in [2.24, 2.45) is 0 Å². The highest BCUT2D eigenvalue weighted by Gasteiger charge is 2.33. The van der Waals surface area contributed by atoms with Crippen LogP contribution < -0.4 is 5.32 Å². The first-order valence-corrected chi connectivity index (χ1v) is 6.04. The third-order valence-electron chi connectivity index (χ3n) is 3.58. The number of rotatable bonds is 2. The van der Waals surface area contributed by atoms with Gasteiger partial charge in [-0.05, 0) is 5.56 Å². The molecule has 3 rings (SSSR count). The fraction of sp³-hybridized carbons (Fsp3) is 0.538. The number of benzene rings is 1. The molecule has 1 aromatic carbocycles. The Labute approximate surface area is 96.4 Å². The Balaban J connectivity index is 1.80. The molecular weight excluding hydrogens is 200 g/mol. The SMILES string of the molecule is c1ccc([C@@H]2COCCN2C2CNC2)cc1. The van der Waals surface area contributed by atoms with Crippen molar-refractivity contribution in [1.29, 1.82) is 0 Å². The lowest BCUT2D eigenvalue weighted by Crippen LogP contribution is -2.60. The Morgan fingerprint density at radius 1 is 1.19 bits per heavy atom. The molecule has 0 aromatic heterocycles. The Bertz CT molecular complexity index is 337. The van der Waals surface area contributed by atoms with E-state index in [-0.39, 0.29) is 0 Å². The zero-order valence-electron chi connectivity index (χ0n) is 9.43. The lowest BCUT2D eigenvalue weighted by atomic mass is 10.0. The van der Waals surface area contributed by atoms with Gasteiger partial charge in [-0.3, -0.25) is 4.90 Å². The second-order valence-electron chi connectivity index (χ2n) is 4.55. The van der Waals surface area contributed by atoms with Crippen molar-refractivity contribution in [2.75, 3.05) is 32.8 Å². The largest absolute Gasteiger partial charge is 0.378 e. The molecular formula is C13H18N2O. The van der Waals surface area contributed by atoms with Crippen molar-refractivity contribution in [3.05, 3.63) is 35.9 Å². The highest BCUT2D eigenvalue weighted by atomic mass is 16.5. The van der Waals surface area contributed by atoms with E-state index in [0.29, 0.717) is 12.1 Å². The van der Waals surface area contributed by atoms with E-state index >= 15 is 0 Å². The van der Waals surface area contributed by atoms with Gasteiger partial charge in [0.05, 0.1) is 19.3 Å². The maximum absolute atomic E-state index is 5.62. The molecule has 16 heavy (non-hydrogen) atoms. The average Bonchev–Trinajstić information content (AvgIpc) is 2.29. The minimum atomic E-state index is 0.446. The molecule has 1 N–H and O–H groups in total. The Morgan fingerprint density at radius 2 is 2.00 bits per heavy atom. The molecule has 0 bridgehead atoms. The van der Waals surface area contributed by atoms with E-state index in [1.807, 2.05) is 0 Å². The molecule has 0 spiro atoms. The second-order valence-corrected chi connectivity index (χ2v) is 4.55. The van der Waals surface area contributed by atoms with Crippen LogP contribution in [0.3, 0.4) is 0 Å². The highest BCUT2D eigenvalue weighted by molar-refractivity contribution is 5.20. The Kier molecular flexibility index (Phi) is 2.91. The fourth-order valence-corrected chi connectivity index (χ4v) is 2.52. The van der Waals surface area contributed by atoms with E-state index in [4.69, 9.17) is 4.74 Å². The first kappa shape index (κ1) is 10.3. The van der Waals surface area contributed by atoms with Crippen molar-refractivity contribution in [2.45, 2.75) is 12.1 Å². The predicted molar refractivity (Wildman–Crippen MR) is 63.4 cm³/mol. The summed E-state index contributed by atoms with van der Waals surface area (Å²) < 4.78 is 5.62. The molecule has 2 aliphatic heterocycles. The smallest absolute Gasteiger partial charge is 0.0664 e. The van der Waals surface area contributed by atoms with Crippen LogP contribution in [-0.2, 0) is 4.74 Å². The summed E-state index contributed by atoms with van der Waals surface area (Å²) >= 11 is 0. The summed E-state index contributed by atoms with van der Waals surface area (Å²) in [4.78, 5) is 2.59. The van der Waals surface area contributed by atoms with Crippen LogP contribution in [0, 0.1) is 0 Å². The number of nitrogens with one attached hydrogen (secondary N) is 1.